The van der Waals surface area contributed by atoms with Crippen LogP contribution in [0, 0.1) is 11.3 Å². The van der Waals surface area contributed by atoms with Crippen molar-refractivity contribution in [1.82, 2.24) is 4.98 Å². The third-order valence-electron chi connectivity index (χ3n) is 4.51. The van der Waals surface area contributed by atoms with Gasteiger partial charge in [0.1, 0.15) is 0 Å². The molecule has 1 saturated heterocycles. The van der Waals surface area contributed by atoms with Gasteiger partial charge in [0.25, 0.3) is 0 Å². The Morgan fingerprint density at radius 3 is 2.85 bits per heavy atom. The SMILES string of the molecule is CC1CCCN(c2nc3c(s2)C(=O)CC(C)(C)C3)CC1. The van der Waals surface area contributed by atoms with Crippen molar-refractivity contribution in [2.45, 2.75) is 52.9 Å². The van der Waals surface area contributed by atoms with Gasteiger partial charge in [-0.1, -0.05) is 32.1 Å². The van der Waals surface area contributed by atoms with Gasteiger partial charge in [-0.15, -0.1) is 0 Å². The maximum absolute atomic E-state index is 12.3. The molecule has 110 valence electrons. The molecule has 0 bridgehead atoms. The number of carbonyl (C=O) groups excluding carboxylic acids is 1. The summed E-state index contributed by atoms with van der Waals surface area (Å²) in [6, 6.07) is 0. The first-order valence-corrected chi connectivity index (χ1v) is 8.54. The molecule has 2 aliphatic rings. The predicted molar refractivity (Wildman–Crippen MR) is 83.8 cm³/mol. The Bertz CT molecular complexity index is 521. The molecule has 0 aromatic carbocycles. The van der Waals surface area contributed by atoms with Crippen LogP contribution < -0.4 is 4.90 Å². The van der Waals surface area contributed by atoms with Gasteiger partial charge in [-0.2, -0.15) is 0 Å². The molecule has 0 spiro atoms. The molecule has 0 saturated carbocycles. The second-order valence-electron chi connectivity index (χ2n) is 7.24. The fourth-order valence-corrected chi connectivity index (χ4v) is 4.37. The summed E-state index contributed by atoms with van der Waals surface area (Å²) in [4.78, 5) is 20.4. The minimum atomic E-state index is 0.0722. The van der Waals surface area contributed by atoms with Crippen molar-refractivity contribution in [2.24, 2.45) is 11.3 Å². The summed E-state index contributed by atoms with van der Waals surface area (Å²) >= 11 is 1.63. The number of carbonyl (C=O) groups is 1. The number of aromatic nitrogens is 1. The predicted octanol–water partition coefficient (Wildman–Crippen LogP) is 3.92. The third-order valence-corrected chi connectivity index (χ3v) is 5.71. The van der Waals surface area contributed by atoms with Crippen LogP contribution in [0.2, 0.25) is 0 Å². The zero-order valence-corrected chi connectivity index (χ0v) is 13.6. The highest BCUT2D eigenvalue weighted by atomic mass is 32.1. The number of hydrogen-bond donors (Lipinski definition) is 0. The minimum absolute atomic E-state index is 0.0722. The van der Waals surface area contributed by atoms with Crippen LogP contribution in [0.1, 0.15) is 61.8 Å². The quantitative estimate of drug-likeness (QED) is 0.786. The number of anilines is 1. The first-order valence-electron chi connectivity index (χ1n) is 7.72. The van der Waals surface area contributed by atoms with E-state index in [1.807, 2.05) is 0 Å². The summed E-state index contributed by atoms with van der Waals surface area (Å²) in [6.45, 7) is 8.85. The molecule has 1 aromatic heterocycles. The molecule has 1 unspecified atom stereocenters. The van der Waals surface area contributed by atoms with Gasteiger partial charge in [0, 0.05) is 19.5 Å². The van der Waals surface area contributed by atoms with Crippen LogP contribution in [0.3, 0.4) is 0 Å². The summed E-state index contributed by atoms with van der Waals surface area (Å²) in [5.41, 5.74) is 1.12. The lowest BCUT2D eigenvalue weighted by atomic mass is 9.78. The van der Waals surface area contributed by atoms with Crippen LogP contribution in [0.15, 0.2) is 0 Å². The Labute approximate surface area is 125 Å². The third kappa shape index (κ3) is 2.76. The van der Waals surface area contributed by atoms with Gasteiger partial charge >= 0.3 is 0 Å². The van der Waals surface area contributed by atoms with Crippen LogP contribution in [0.4, 0.5) is 5.13 Å². The van der Waals surface area contributed by atoms with Crippen molar-refractivity contribution in [3.63, 3.8) is 0 Å². The van der Waals surface area contributed by atoms with Crippen molar-refractivity contribution < 1.29 is 4.79 Å². The Morgan fingerprint density at radius 2 is 2.05 bits per heavy atom. The van der Waals surface area contributed by atoms with Gasteiger partial charge < -0.3 is 4.90 Å². The zero-order valence-electron chi connectivity index (χ0n) is 12.7. The smallest absolute Gasteiger partial charge is 0.186 e. The highest BCUT2D eigenvalue weighted by Gasteiger charge is 2.34. The van der Waals surface area contributed by atoms with E-state index in [0.717, 1.165) is 41.1 Å². The maximum atomic E-state index is 12.3. The second-order valence-corrected chi connectivity index (χ2v) is 8.21. The summed E-state index contributed by atoms with van der Waals surface area (Å²) in [7, 11) is 0. The maximum Gasteiger partial charge on any atom is 0.186 e. The number of thiazole rings is 1. The minimum Gasteiger partial charge on any atom is -0.348 e. The lowest BCUT2D eigenvalue weighted by Gasteiger charge is -2.26. The van der Waals surface area contributed by atoms with E-state index in [2.05, 4.69) is 25.7 Å². The van der Waals surface area contributed by atoms with Crippen LogP contribution in [-0.2, 0) is 6.42 Å². The Balaban J connectivity index is 1.84. The van der Waals surface area contributed by atoms with Crippen molar-refractivity contribution >= 4 is 22.3 Å². The molecule has 1 aliphatic carbocycles. The molecule has 0 radical (unpaired) electrons. The first kappa shape index (κ1) is 14.1. The molecule has 1 fully saturated rings. The highest BCUT2D eigenvalue weighted by molar-refractivity contribution is 7.17. The standard InChI is InChI=1S/C16H24N2OS/c1-11-5-4-7-18(8-6-11)15-17-12-9-16(2,3)10-13(19)14(12)20-15/h11H,4-10H2,1-3H3. The molecule has 3 rings (SSSR count). The summed E-state index contributed by atoms with van der Waals surface area (Å²) < 4.78 is 0. The van der Waals surface area contributed by atoms with E-state index in [0.29, 0.717) is 12.2 Å². The van der Waals surface area contributed by atoms with Crippen molar-refractivity contribution in [3.05, 3.63) is 10.6 Å². The first-order chi connectivity index (χ1) is 9.44. The van der Waals surface area contributed by atoms with E-state index >= 15 is 0 Å². The van der Waals surface area contributed by atoms with E-state index in [9.17, 15) is 4.79 Å². The summed E-state index contributed by atoms with van der Waals surface area (Å²) in [5, 5.41) is 1.08. The van der Waals surface area contributed by atoms with E-state index in [4.69, 9.17) is 4.98 Å². The van der Waals surface area contributed by atoms with Crippen LogP contribution in [0.5, 0.6) is 0 Å². The van der Waals surface area contributed by atoms with Crippen molar-refractivity contribution in [3.8, 4) is 0 Å². The molecule has 0 amide bonds. The summed E-state index contributed by atoms with van der Waals surface area (Å²) in [6.07, 6.45) is 5.40. The molecular weight excluding hydrogens is 268 g/mol. The topological polar surface area (TPSA) is 33.2 Å². The number of ketones is 1. The molecular formula is C16H24N2OS. The molecule has 1 aliphatic heterocycles. The molecule has 4 heteroatoms. The number of hydrogen-bond acceptors (Lipinski definition) is 4. The van der Waals surface area contributed by atoms with Crippen molar-refractivity contribution in [2.75, 3.05) is 18.0 Å². The fraction of sp³-hybridized carbons (Fsp3) is 0.750. The van der Waals surface area contributed by atoms with Gasteiger partial charge in [0.05, 0.1) is 10.6 Å². The monoisotopic (exact) mass is 292 g/mol. The van der Waals surface area contributed by atoms with Crippen LogP contribution >= 0.6 is 11.3 Å². The molecule has 2 heterocycles. The average molecular weight is 292 g/mol. The van der Waals surface area contributed by atoms with Gasteiger partial charge in [-0.25, -0.2) is 4.98 Å². The molecule has 1 aromatic rings. The average Bonchev–Trinajstić information content (AvgIpc) is 2.63. The van der Waals surface area contributed by atoms with Crippen LogP contribution in [0.25, 0.3) is 0 Å². The van der Waals surface area contributed by atoms with E-state index in [1.54, 1.807) is 11.3 Å². The Kier molecular flexibility index (Phi) is 3.61. The number of rotatable bonds is 1. The molecule has 20 heavy (non-hydrogen) atoms. The number of Topliss-reactive ketones (excluding diaryl/α,β-unsaturated/α-hetero) is 1. The van der Waals surface area contributed by atoms with Crippen molar-refractivity contribution in [1.29, 1.82) is 0 Å². The molecule has 3 nitrogen and oxygen atoms in total. The normalized spacial score (nSPS) is 26.2. The Morgan fingerprint density at radius 1 is 1.25 bits per heavy atom. The molecule has 0 N–H and O–H groups in total. The molecule has 1 atom stereocenters. The van der Waals surface area contributed by atoms with E-state index < -0.39 is 0 Å². The second kappa shape index (κ2) is 5.14. The summed E-state index contributed by atoms with van der Waals surface area (Å²) in [5.74, 6) is 1.11. The Hall–Kier alpha value is -0.900. The fourth-order valence-electron chi connectivity index (χ4n) is 3.30. The lowest BCUT2D eigenvalue weighted by Crippen LogP contribution is -2.26. The number of fused-ring (bicyclic) bond motifs is 1. The lowest BCUT2D eigenvalue weighted by molar-refractivity contribution is 0.0916. The van der Waals surface area contributed by atoms with Gasteiger partial charge in [0.2, 0.25) is 0 Å². The number of nitrogens with zero attached hydrogens (tertiary/aromatic N) is 2. The van der Waals surface area contributed by atoms with Gasteiger partial charge in [-0.3, -0.25) is 4.79 Å². The highest BCUT2D eigenvalue weighted by Crippen LogP contribution is 2.39. The van der Waals surface area contributed by atoms with E-state index in [1.165, 1.54) is 19.3 Å². The van der Waals surface area contributed by atoms with Gasteiger partial charge in [0.15, 0.2) is 10.9 Å². The largest absolute Gasteiger partial charge is 0.348 e. The zero-order chi connectivity index (χ0) is 14.3. The van der Waals surface area contributed by atoms with E-state index in [-0.39, 0.29) is 5.41 Å². The van der Waals surface area contributed by atoms with Crippen LogP contribution in [-0.4, -0.2) is 23.9 Å². The van der Waals surface area contributed by atoms with Gasteiger partial charge in [-0.05, 0) is 37.0 Å².